The second-order valence-electron chi connectivity index (χ2n) is 7.57. The summed E-state index contributed by atoms with van der Waals surface area (Å²) in [6.07, 6.45) is 1.19. The number of benzene rings is 1. The van der Waals surface area contributed by atoms with Crippen LogP contribution in [0, 0.1) is 5.92 Å². The molecule has 6 heteroatoms. The molecule has 0 aliphatic carbocycles. The summed E-state index contributed by atoms with van der Waals surface area (Å²) in [4.78, 5) is 26.9. The molecule has 1 saturated heterocycles. The maximum absolute atomic E-state index is 12.7. The Balaban J connectivity index is 1.63. The largest absolute Gasteiger partial charge is 0.346 e. The first kappa shape index (κ1) is 19.1. The number of aromatic nitrogens is 2. The van der Waals surface area contributed by atoms with Gasteiger partial charge in [-0.25, -0.2) is 0 Å². The summed E-state index contributed by atoms with van der Waals surface area (Å²) >= 11 is 0. The van der Waals surface area contributed by atoms with Crippen molar-refractivity contribution in [1.29, 1.82) is 0 Å². The van der Waals surface area contributed by atoms with E-state index in [-0.39, 0.29) is 17.9 Å². The van der Waals surface area contributed by atoms with E-state index in [1.54, 1.807) is 4.68 Å². The Morgan fingerprint density at radius 2 is 2.04 bits per heavy atom. The fourth-order valence-electron chi connectivity index (χ4n) is 3.50. The zero-order valence-electron chi connectivity index (χ0n) is 16.3. The quantitative estimate of drug-likeness (QED) is 0.817. The minimum Gasteiger partial charge on any atom is -0.346 e. The number of rotatable bonds is 7. The molecule has 0 spiro atoms. The second-order valence-corrected chi connectivity index (χ2v) is 7.57. The van der Waals surface area contributed by atoms with Gasteiger partial charge < -0.3 is 10.2 Å². The summed E-state index contributed by atoms with van der Waals surface area (Å²) in [7, 11) is 0. The van der Waals surface area contributed by atoms with Crippen LogP contribution in [0.2, 0.25) is 0 Å². The highest BCUT2D eigenvalue weighted by molar-refractivity contribution is 5.93. The predicted octanol–water partition coefficient (Wildman–Crippen LogP) is 2.63. The summed E-state index contributed by atoms with van der Waals surface area (Å²) in [5.74, 6) is 0.410. The van der Waals surface area contributed by atoms with Crippen LogP contribution in [-0.2, 0) is 24.3 Å². The fraction of sp³-hybridized carbons (Fsp3) is 0.476. The molecular formula is C21H28N4O2. The third kappa shape index (κ3) is 4.76. The Labute approximate surface area is 160 Å². The van der Waals surface area contributed by atoms with Crippen LogP contribution in [0.25, 0.3) is 0 Å². The van der Waals surface area contributed by atoms with Gasteiger partial charge in [0.05, 0.1) is 11.7 Å². The summed E-state index contributed by atoms with van der Waals surface area (Å²) < 4.78 is 1.74. The van der Waals surface area contributed by atoms with Gasteiger partial charge in [-0.3, -0.25) is 14.3 Å². The number of nitrogens with zero attached hydrogens (tertiary/aromatic N) is 3. The molecule has 6 nitrogen and oxygen atoms in total. The van der Waals surface area contributed by atoms with E-state index in [9.17, 15) is 9.59 Å². The van der Waals surface area contributed by atoms with E-state index in [4.69, 9.17) is 0 Å². The number of aryl methyl sites for hydroxylation is 1. The SMILES string of the molecule is CCn1nc(CC(C)C)cc1C(=O)N[C@H]1CC(=O)N(Cc2ccccc2)C1. The third-order valence-electron chi connectivity index (χ3n) is 4.75. The number of hydrogen-bond acceptors (Lipinski definition) is 3. The molecule has 1 aliphatic heterocycles. The van der Waals surface area contributed by atoms with Crippen molar-refractivity contribution in [3.8, 4) is 0 Å². The van der Waals surface area contributed by atoms with Crippen LogP contribution >= 0.6 is 0 Å². The van der Waals surface area contributed by atoms with Gasteiger partial charge in [0.15, 0.2) is 0 Å². The molecular weight excluding hydrogens is 340 g/mol. The summed E-state index contributed by atoms with van der Waals surface area (Å²) in [6.45, 7) is 8.01. The van der Waals surface area contributed by atoms with E-state index in [2.05, 4.69) is 24.3 Å². The van der Waals surface area contributed by atoms with Crippen LogP contribution in [0.4, 0.5) is 0 Å². The van der Waals surface area contributed by atoms with Gasteiger partial charge in [0, 0.05) is 26.1 Å². The smallest absolute Gasteiger partial charge is 0.269 e. The van der Waals surface area contributed by atoms with Crippen LogP contribution < -0.4 is 5.32 Å². The van der Waals surface area contributed by atoms with Gasteiger partial charge in [-0.1, -0.05) is 44.2 Å². The standard InChI is InChI=1S/C21H28N4O2/c1-4-25-19(11-17(23-25)10-15(2)3)21(27)22-18-12-20(26)24(14-18)13-16-8-6-5-7-9-16/h5-9,11,15,18H,4,10,12-14H2,1-3H3,(H,22,27)/t18-/m0/s1. The number of nitrogens with one attached hydrogen (secondary N) is 1. The van der Waals surface area contributed by atoms with E-state index in [1.165, 1.54) is 0 Å². The van der Waals surface area contributed by atoms with Crippen LogP contribution in [0.15, 0.2) is 36.4 Å². The van der Waals surface area contributed by atoms with Crippen LogP contribution in [0.1, 0.15) is 48.9 Å². The number of carbonyl (C=O) groups excluding carboxylic acids is 2. The molecule has 1 aliphatic rings. The second kappa shape index (κ2) is 8.37. The summed E-state index contributed by atoms with van der Waals surface area (Å²) in [5, 5.41) is 7.55. The van der Waals surface area contributed by atoms with E-state index < -0.39 is 0 Å². The molecule has 0 radical (unpaired) electrons. The zero-order chi connectivity index (χ0) is 19.4. The van der Waals surface area contributed by atoms with E-state index in [0.717, 1.165) is 17.7 Å². The maximum Gasteiger partial charge on any atom is 0.269 e. The monoisotopic (exact) mass is 368 g/mol. The normalized spacial score (nSPS) is 17.0. The molecule has 1 aromatic heterocycles. The molecule has 1 atom stereocenters. The topological polar surface area (TPSA) is 67.2 Å². The Morgan fingerprint density at radius 1 is 1.30 bits per heavy atom. The zero-order valence-corrected chi connectivity index (χ0v) is 16.3. The molecule has 0 saturated carbocycles. The lowest BCUT2D eigenvalue weighted by Crippen LogP contribution is -2.38. The first-order valence-electron chi connectivity index (χ1n) is 9.65. The predicted molar refractivity (Wildman–Crippen MR) is 104 cm³/mol. The van der Waals surface area contributed by atoms with Gasteiger partial charge in [0.25, 0.3) is 5.91 Å². The van der Waals surface area contributed by atoms with Crippen molar-refractivity contribution >= 4 is 11.8 Å². The molecule has 1 aromatic carbocycles. The van der Waals surface area contributed by atoms with Crippen molar-refractivity contribution in [2.75, 3.05) is 6.54 Å². The van der Waals surface area contributed by atoms with Crippen LogP contribution in [-0.4, -0.2) is 39.1 Å². The molecule has 1 fully saturated rings. The van der Waals surface area contributed by atoms with Crippen LogP contribution in [0.5, 0.6) is 0 Å². The van der Waals surface area contributed by atoms with E-state index in [1.807, 2.05) is 48.2 Å². The summed E-state index contributed by atoms with van der Waals surface area (Å²) in [6, 6.07) is 11.6. The van der Waals surface area contributed by atoms with Crippen LogP contribution in [0.3, 0.4) is 0 Å². The van der Waals surface area contributed by atoms with Crippen molar-refractivity contribution in [3.63, 3.8) is 0 Å². The van der Waals surface area contributed by atoms with Gasteiger partial charge in [0.1, 0.15) is 5.69 Å². The molecule has 2 heterocycles. The lowest BCUT2D eigenvalue weighted by molar-refractivity contribution is -0.128. The average Bonchev–Trinajstić information content (AvgIpc) is 3.18. The highest BCUT2D eigenvalue weighted by atomic mass is 16.2. The molecule has 2 aromatic rings. The number of likely N-dealkylation sites (tertiary alicyclic amines) is 1. The lowest BCUT2D eigenvalue weighted by atomic mass is 10.1. The molecule has 1 N–H and O–H groups in total. The Hall–Kier alpha value is -2.63. The van der Waals surface area contributed by atoms with Gasteiger partial charge >= 0.3 is 0 Å². The minimum atomic E-state index is -0.164. The Kier molecular flexibility index (Phi) is 5.94. The van der Waals surface area contributed by atoms with E-state index >= 15 is 0 Å². The average molecular weight is 368 g/mol. The Bertz CT molecular complexity index is 798. The molecule has 144 valence electrons. The van der Waals surface area contributed by atoms with Gasteiger partial charge in [-0.2, -0.15) is 5.10 Å². The fourth-order valence-corrected chi connectivity index (χ4v) is 3.50. The molecule has 3 rings (SSSR count). The highest BCUT2D eigenvalue weighted by Crippen LogP contribution is 2.16. The van der Waals surface area contributed by atoms with Crippen molar-refractivity contribution in [2.24, 2.45) is 5.92 Å². The number of carbonyl (C=O) groups is 2. The number of hydrogen-bond donors (Lipinski definition) is 1. The number of amides is 2. The summed E-state index contributed by atoms with van der Waals surface area (Å²) in [5.41, 5.74) is 2.60. The van der Waals surface area contributed by atoms with Gasteiger partial charge in [0.2, 0.25) is 5.91 Å². The minimum absolute atomic E-state index is 0.0775. The van der Waals surface area contributed by atoms with E-state index in [0.29, 0.717) is 37.7 Å². The van der Waals surface area contributed by atoms with Crippen molar-refractivity contribution in [2.45, 2.75) is 52.7 Å². The first-order valence-corrected chi connectivity index (χ1v) is 9.65. The van der Waals surface area contributed by atoms with Crippen molar-refractivity contribution in [1.82, 2.24) is 20.0 Å². The van der Waals surface area contributed by atoms with Gasteiger partial charge in [-0.15, -0.1) is 0 Å². The van der Waals surface area contributed by atoms with Gasteiger partial charge in [-0.05, 0) is 30.9 Å². The first-order chi connectivity index (χ1) is 13.0. The molecule has 27 heavy (non-hydrogen) atoms. The van der Waals surface area contributed by atoms with Crippen molar-refractivity contribution in [3.05, 3.63) is 53.3 Å². The highest BCUT2D eigenvalue weighted by Gasteiger charge is 2.31. The molecule has 0 bridgehead atoms. The third-order valence-corrected chi connectivity index (χ3v) is 4.75. The lowest BCUT2D eigenvalue weighted by Gasteiger charge is -2.17. The maximum atomic E-state index is 12.7. The molecule has 2 amide bonds. The van der Waals surface area contributed by atoms with Crippen molar-refractivity contribution < 1.29 is 9.59 Å². The molecule has 0 unspecified atom stereocenters. The Morgan fingerprint density at radius 3 is 2.70 bits per heavy atom.